The van der Waals surface area contributed by atoms with Gasteiger partial charge in [-0.1, -0.05) is 23.8 Å². The highest BCUT2D eigenvalue weighted by atomic mass is 32.2. The summed E-state index contributed by atoms with van der Waals surface area (Å²) < 4.78 is 0. The molecule has 0 radical (unpaired) electrons. The van der Waals surface area contributed by atoms with E-state index in [0.29, 0.717) is 5.75 Å². The third-order valence-corrected chi connectivity index (χ3v) is 5.26. The molecule has 0 aliphatic heterocycles. The van der Waals surface area contributed by atoms with Crippen molar-refractivity contribution >= 4 is 40.6 Å². The number of nitrogens with one attached hydrogen (secondary N) is 3. The first kappa shape index (κ1) is 18.4. The van der Waals surface area contributed by atoms with Gasteiger partial charge in [-0.25, -0.2) is 0 Å². The average Bonchev–Trinajstić information content (AvgIpc) is 3.05. The molecule has 0 saturated heterocycles. The van der Waals surface area contributed by atoms with Crippen molar-refractivity contribution in [2.75, 3.05) is 17.6 Å². The maximum absolute atomic E-state index is 11.8. The zero-order valence-corrected chi connectivity index (χ0v) is 15.4. The van der Waals surface area contributed by atoms with Crippen LogP contribution in [0.15, 0.2) is 35.7 Å². The predicted molar refractivity (Wildman–Crippen MR) is 101 cm³/mol. The van der Waals surface area contributed by atoms with E-state index in [1.165, 1.54) is 22.2 Å². The molecule has 0 aliphatic carbocycles. The minimum atomic E-state index is -0.286. The number of hydrogen-bond donors (Lipinski definition) is 3. The van der Waals surface area contributed by atoms with Crippen LogP contribution in [0.4, 0.5) is 5.69 Å². The van der Waals surface area contributed by atoms with E-state index in [0.717, 1.165) is 17.0 Å². The molecule has 0 aliphatic rings. The minimum absolute atomic E-state index is 0.104. The van der Waals surface area contributed by atoms with Gasteiger partial charge in [-0.05, 0) is 36.9 Å². The minimum Gasteiger partial charge on any atom is -0.376 e. The van der Waals surface area contributed by atoms with E-state index in [4.69, 9.17) is 0 Å². The standard InChI is InChI=1S/C17H21N3O2S2/c1-12-5-6-15(13(2)8-12)18-9-16(21)19-20-17(22)11-23-10-14-4-3-7-24-14/h3-8,18H,9-11H2,1-2H3,(H,19,21)(H,20,22). The lowest BCUT2D eigenvalue weighted by atomic mass is 10.1. The maximum Gasteiger partial charge on any atom is 0.257 e. The van der Waals surface area contributed by atoms with Gasteiger partial charge in [0.2, 0.25) is 5.91 Å². The molecule has 0 bridgehead atoms. The molecular formula is C17H21N3O2S2. The van der Waals surface area contributed by atoms with Gasteiger partial charge in [0.25, 0.3) is 5.91 Å². The largest absolute Gasteiger partial charge is 0.376 e. The van der Waals surface area contributed by atoms with Gasteiger partial charge in [-0.2, -0.15) is 0 Å². The van der Waals surface area contributed by atoms with Crippen molar-refractivity contribution in [1.29, 1.82) is 0 Å². The Hall–Kier alpha value is -1.99. The van der Waals surface area contributed by atoms with Crippen molar-refractivity contribution in [3.05, 3.63) is 51.7 Å². The third kappa shape index (κ3) is 6.25. The molecule has 0 atom stereocenters. The Morgan fingerprint density at radius 1 is 1.12 bits per heavy atom. The fourth-order valence-electron chi connectivity index (χ4n) is 2.05. The van der Waals surface area contributed by atoms with Crippen LogP contribution < -0.4 is 16.2 Å². The van der Waals surface area contributed by atoms with Gasteiger partial charge in [-0.3, -0.25) is 20.4 Å². The highest BCUT2D eigenvalue weighted by Crippen LogP contribution is 2.17. The van der Waals surface area contributed by atoms with Gasteiger partial charge in [0, 0.05) is 16.3 Å². The quantitative estimate of drug-likeness (QED) is 0.662. The molecule has 1 aromatic carbocycles. The van der Waals surface area contributed by atoms with E-state index in [1.807, 2.05) is 49.6 Å². The van der Waals surface area contributed by atoms with Gasteiger partial charge in [0.15, 0.2) is 0 Å². The molecule has 0 fully saturated rings. The van der Waals surface area contributed by atoms with E-state index < -0.39 is 0 Å². The fourth-order valence-corrected chi connectivity index (χ4v) is 3.71. The number of benzene rings is 1. The van der Waals surface area contributed by atoms with Crippen LogP contribution in [0.5, 0.6) is 0 Å². The van der Waals surface area contributed by atoms with Crippen LogP contribution in [-0.2, 0) is 15.3 Å². The Bertz CT molecular complexity index is 687. The number of carbonyl (C=O) groups is 2. The first-order chi connectivity index (χ1) is 11.5. The van der Waals surface area contributed by atoms with Gasteiger partial charge >= 0.3 is 0 Å². The topological polar surface area (TPSA) is 70.2 Å². The summed E-state index contributed by atoms with van der Waals surface area (Å²) in [6.07, 6.45) is 0. The molecule has 128 valence electrons. The van der Waals surface area contributed by atoms with Gasteiger partial charge < -0.3 is 5.32 Å². The smallest absolute Gasteiger partial charge is 0.257 e. The number of thioether (sulfide) groups is 1. The summed E-state index contributed by atoms with van der Waals surface area (Å²) in [6, 6.07) is 10.0. The average molecular weight is 364 g/mol. The summed E-state index contributed by atoms with van der Waals surface area (Å²) >= 11 is 3.18. The molecular weight excluding hydrogens is 342 g/mol. The van der Waals surface area contributed by atoms with Crippen molar-refractivity contribution in [2.24, 2.45) is 0 Å². The number of hydrogen-bond acceptors (Lipinski definition) is 5. The van der Waals surface area contributed by atoms with E-state index in [-0.39, 0.29) is 18.4 Å². The summed E-state index contributed by atoms with van der Waals surface area (Å²) in [5.74, 6) is 0.610. The lowest BCUT2D eigenvalue weighted by Crippen LogP contribution is -2.44. The fraction of sp³-hybridized carbons (Fsp3) is 0.294. The molecule has 3 N–H and O–H groups in total. The molecule has 2 rings (SSSR count). The summed E-state index contributed by atoms with van der Waals surface area (Å²) in [5, 5.41) is 5.07. The van der Waals surface area contributed by atoms with Gasteiger partial charge in [0.05, 0.1) is 12.3 Å². The third-order valence-electron chi connectivity index (χ3n) is 3.22. The monoisotopic (exact) mass is 363 g/mol. The summed E-state index contributed by atoms with van der Waals surface area (Å²) in [6.45, 7) is 4.11. The first-order valence-corrected chi connectivity index (χ1v) is 9.57. The Kier molecular flexibility index (Phi) is 7.14. The van der Waals surface area contributed by atoms with E-state index in [2.05, 4.69) is 16.2 Å². The normalized spacial score (nSPS) is 10.2. The zero-order chi connectivity index (χ0) is 17.4. The van der Waals surface area contributed by atoms with Gasteiger partial charge in [0.1, 0.15) is 0 Å². The molecule has 1 heterocycles. The predicted octanol–water partition coefficient (Wildman–Crippen LogP) is 2.86. The van der Waals surface area contributed by atoms with Crippen LogP contribution in [0.2, 0.25) is 0 Å². The second kappa shape index (κ2) is 9.34. The second-order valence-electron chi connectivity index (χ2n) is 5.34. The van der Waals surface area contributed by atoms with Crippen LogP contribution >= 0.6 is 23.1 Å². The van der Waals surface area contributed by atoms with Crippen LogP contribution in [0.25, 0.3) is 0 Å². The molecule has 5 nitrogen and oxygen atoms in total. The number of rotatable bonds is 7. The molecule has 24 heavy (non-hydrogen) atoms. The van der Waals surface area contributed by atoms with Crippen LogP contribution in [-0.4, -0.2) is 24.1 Å². The van der Waals surface area contributed by atoms with Crippen LogP contribution in [0.1, 0.15) is 16.0 Å². The second-order valence-corrected chi connectivity index (χ2v) is 7.36. The molecule has 2 aromatic rings. The molecule has 7 heteroatoms. The first-order valence-electron chi connectivity index (χ1n) is 7.53. The Labute approximate surface area is 150 Å². The van der Waals surface area contributed by atoms with E-state index in [1.54, 1.807) is 11.3 Å². The SMILES string of the molecule is Cc1ccc(NCC(=O)NNC(=O)CSCc2cccs2)c(C)c1. The number of thiophene rings is 1. The Morgan fingerprint density at radius 2 is 1.92 bits per heavy atom. The number of hydrazine groups is 1. The summed E-state index contributed by atoms with van der Waals surface area (Å²) in [5.41, 5.74) is 8.01. The Balaban J connectivity index is 1.62. The van der Waals surface area contributed by atoms with Crippen molar-refractivity contribution in [3.63, 3.8) is 0 Å². The zero-order valence-electron chi connectivity index (χ0n) is 13.7. The van der Waals surface area contributed by atoms with Crippen molar-refractivity contribution < 1.29 is 9.59 Å². The Morgan fingerprint density at radius 3 is 2.62 bits per heavy atom. The molecule has 1 aromatic heterocycles. The summed E-state index contributed by atoms with van der Waals surface area (Å²) in [4.78, 5) is 24.7. The van der Waals surface area contributed by atoms with Crippen molar-refractivity contribution in [2.45, 2.75) is 19.6 Å². The highest BCUT2D eigenvalue weighted by molar-refractivity contribution is 7.99. The van der Waals surface area contributed by atoms with Crippen molar-refractivity contribution in [1.82, 2.24) is 10.9 Å². The lowest BCUT2D eigenvalue weighted by molar-refractivity contribution is -0.126. The number of amides is 2. The highest BCUT2D eigenvalue weighted by Gasteiger charge is 2.06. The number of anilines is 1. The van der Waals surface area contributed by atoms with Crippen LogP contribution in [0.3, 0.4) is 0 Å². The number of carbonyl (C=O) groups excluding carboxylic acids is 2. The lowest BCUT2D eigenvalue weighted by Gasteiger charge is -2.11. The van der Waals surface area contributed by atoms with E-state index in [9.17, 15) is 9.59 Å². The van der Waals surface area contributed by atoms with E-state index >= 15 is 0 Å². The molecule has 2 amide bonds. The molecule has 0 saturated carbocycles. The van der Waals surface area contributed by atoms with Gasteiger partial charge in [-0.15, -0.1) is 23.1 Å². The molecule has 0 unspecified atom stereocenters. The molecule has 0 spiro atoms. The maximum atomic E-state index is 11.8. The van der Waals surface area contributed by atoms with Crippen molar-refractivity contribution in [3.8, 4) is 0 Å². The van der Waals surface area contributed by atoms with Crippen LogP contribution in [0, 0.1) is 13.8 Å². The summed E-state index contributed by atoms with van der Waals surface area (Å²) in [7, 11) is 0. The number of aryl methyl sites for hydroxylation is 2.